The number of carbonyl (C=O) groups excluding carboxylic acids is 1. The van der Waals surface area contributed by atoms with Gasteiger partial charge in [0.1, 0.15) is 0 Å². The number of hydrogen-bond acceptors (Lipinski definition) is 1. The van der Waals surface area contributed by atoms with Gasteiger partial charge < -0.3 is 10.2 Å². The molecule has 1 N–H and O–H groups in total. The fourth-order valence-electron chi connectivity index (χ4n) is 1.93. The van der Waals surface area contributed by atoms with Crippen molar-refractivity contribution in [3.8, 4) is 0 Å². The van der Waals surface area contributed by atoms with E-state index in [2.05, 4.69) is 19.2 Å². The molecule has 2 amide bonds. The summed E-state index contributed by atoms with van der Waals surface area (Å²) in [5.74, 6) is 0. The molecule has 0 unspecified atom stereocenters. The highest BCUT2D eigenvalue weighted by atomic mass is 16.2. The highest BCUT2D eigenvalue weighted by Crippen LogP contribution is 2.05. The van der Waals surface area contributed by atoms with Crippen LogP contribution in [0.25, 0.3) is 0 Å². The number of unbranched alkanes of at least 4 members (excludes halogenated alkanes) is 6. The minimum atomic E-state index is 0.0815. The van der Waals surface area contributed by atoms with Crippen molar-refractivity contribution < 1.29 is 4.79 Å². The number of nitrogens with one attached hydrogen (secondary N) is 1. The second-order valence-corrected chi connectivity index (χ2v) is 4.66. The molecule has 0 atom stereocenters. The largest absolute Gasteiger partial charge is 0.341 e. The lowest BCUT2D eigenvalue weighted by molar-refractivity contribution is 0.197. The van der Waals surface area contributed by atoms with E-state index < -0.39 is 0 Å². The molecule has 0 fully saturated rings. The van der Waals surface area contributed by atoms with E-state index in [0.717, 1.165) is 25.9 Å². The van der Waals surface area contributed by atoms with Gasteiger partial charge in [-0.25, -0.2) is 4.79 Å². The van der Waals surface area contributed by atoms with Gasteiger partial charge in [-0.15, -0.1) is 0 Å². The lowest BCUT2D eigenvalue weighted by Crippen LogP contribution is -2.39. The SMILES string of the molecule is CCCCCCN(CCCCCC)C(=O)NC. The predicted molar refractivity (Wildman–Crippen MR) is 74.3 cm³/mol. The summed E-state index contributed by atoms with van der Waals surface area (Å²) in [6.07, 6.45) is 9.78. The number of urea groups is 1. The summed E-state index contributed by atoms with van der Waals surface area (Å²) in [5, 5.41) is 2.73. The van der Waals surface area contributed by atoms with Crippen LogP contribution < -0.4 is 5.32 Å². The number of carbonyl (C=O) groups is 1. The van der Waals surface area contributed by atoms with Crippen LogP contribution in [0.15, 0.2) is 0 Å². The smallest absolute Gasteiger partial charge is 0.317 e. The van der Waals surface area contributed by atoms with Crippen LogP contribution in [0.3, 0.4) is 0 Å². The molecule has 102 valence electrons. The fourth-order valence-corrected chi connectivity index (χ4v) is 1.93. The molecule has 0 heterocycles. The van der Waals surface area contributed by atoms with Crippen LogP contribution >= 0.6 is 0 Å². The molecule has 0 aliphatic carbocycles. The van der Waals surface area contributed by atoms with Gasteiger partial charge >= 0.3 is 6.03 Å². The van der Waals surface area contributed by atoms with Gasteiger partial charge in [0.25, 0.3) is 0 Å². The highest BCUT2D eigenvalue weighted by Gasteiger charge is 2.10. The standard InChI is InChI=1S/C14H30N2O/c1-4-6-8-10-12-16(14(17)15-3)13-11-9-7-5-2/h4-13H2,1-3H3,(H,15,17). The molecular weight excluding hydrogens is 212 g/mol. The Balaban J connectivity index is 3.76. The number of nitrogens with zero attached hydrogens (tertiary/aromatic N) is 1. The number of amides is 2. The molecule has 0 aliphatic heterocycles. The molecule has 0 saturated heterocycles. The third kappa shape index (κ3) is 9.02. The van der Waals surface area contributed by atoms with Gasteiger partial charge in [0.2, 0.25) is 0 Å². The Kier molecular flexibility index (Phi) is 11.2. The van der Waals surface area contributed by atoms with Crippen LogP contribution in [0, 0.1) is 0 Å². The fraction of sp³-hybridized carbons (Fsp3) is 0.929. The molecule has 3 nitrogen and oxygen atoms in total. The van der Waals surface area contributed by atoms with E-state index in [1.807, 2.05) is 4.90 Å². The van der Waals surface area contributed by atoms with Crippen molar-refractivity contribution in [2.45, 2.75) is 65.2 Å². The summed E-state index contributed by atoms with van der Waals surface area (Å²) in [6.45, 7) is 6.24. The summed E-state index contributed by atoms with van der Waals surface area (Å²) >= 11 is 0. The third-order valence-electron chi connectivity index (χ3n) is 3.06. The second-order valence-electron chi connectivity index (χ2n) is 4.66. The zero-order valence-electron chi connectivity index (χ0n) is 11.9. The summed E-state index contributed by atoms with van der Waals surface area (Å²) in [5.41, 5.74) is 0. The van der Waals surface area contributed by atoms with Crippen molar-refractivity contribution in [1.29, 1.82) is 0 Å². The molecule has 0 spiro atoms. The molecule has 0 radical (unpaired) electrons. The first-order valence-corrected chi connectivity index (χ1v) is 7.22. The molecular formula is C14H30N2O. The third-order valence-corrected chi connectivity index (χ3v) is 3.06. The topological polar surface area (TPSA) is 32.3 Å². The molecule has 17 heavy (non-hydrogen) atoms. The molecule has 0 rings (SSSR count). The van der Waals surface area contributed by atoms with E-state index in [1.54, 1.807) is 7.05 Å². The monoisotopic (exact) mass is 242 g/mol. The van der Waals surface area contributed by atoms with Gasteiger partial charge in [-0.1, -0.05) is 52.4 Å². The Hall–Kier alpha value is -0.730. The quantitative estimate of drug-likeness (QED) is 0.581. The van der Waals surface area contributed by atoms with Crippen LogP contribution in [0.1, 0.15) is 65.2 Å². The molecule has 0 saturated carbocycles. The Morgan fingerprint density at radius 2 is 1.35 bits per heavy atom. The molecule has 0 aromatic heterocycles. The first-order valence-electron chi connectivity index (χ1n) is 7.22. The van der Waals surface area contributed by atoms with Gasteiger partial charge in [-0.3, -0.25) is 0 Å². The van der Waals surface area contributed by atoms with Crippen molar-refractivity contribution in [3.05, 3.63) is 0 Å². The normalized spacial score (nSPS) is 10.3. The molecule has 0 aromatic rings. The van der Waals surface area contributed by atoms with Crippen LogP contribution in [-0.2, 0) is 0 Å². The zero-order valence-corrected chi connectivity index (χ0v) is 11.9. The van der Waals surface area contributed by atoms with Crippen LogP contribution in [0.5, 0.6) is 0 Å². The van der Waals surface area contributed by atoms with Crippen LogP contribution in [0.4, 0.5) is 4.79 Å². The zero-order chi connectivity index (χ0) is 12.9. The van der Waals surface area contributed by atoms with Crippen molar-refractivity contribution in [3.63, 3.8) is 0 Å². The summed E-state index contributed by atoms with van der Waals surface area (Å²) < 4.78 is 0. The Morgan fingerprint density at radius 3 is 1.71 bits per heavy atom. The Bertz CT molecular complexity index is 171. The average Bonchev–Trinajstić information content (AvgIpc) is 2.36. The minimum Gasteiger partial charge on any atom is -0.341 e. The van der Waals surface area contributed by atoms with Gasteiger partial charge in [-0.2, -0.15) is 0 Å². The van der Waals surface area contributed by atoms with E-state index >= 15 is 0 Å². The molecule has 0 aromatic carbocycles. The van der Waals surface area contributed by atoms with E-state index in [1.165, 1.54) is 38.5 Å². The van der Waals surface area contributed by atoms with E-state index in [-0.39, 0.29) is 6.03 Å². The molecule has 3 heteroatoms. The summed E-state index contributed by atoms with van der Waals surface area (Å²) in [7, 11) is 1.72. The maximum Gasteiger partial charge on any atom is 0.317 e. The minimum absolute atomic E-state index is 0.0815. The highest BCUT2D eigenvalue weighted by molar-refractivity contribution is 5.73. The average molecular weight is 242 g/mol. The Labute approximate surface area is 107 Å². The van der Waals surface area contributed by atoms with Gasteiger partial charge in [0, 0.05) is 20.1 Å². The van der Waals surface area contributed by atoms with Crippen LogP contribution in [-0.4, -0.2) is 31.1 Å². The number of hydrogen-bond donors (Lipinski definition) is 1. The van der Waals surface area contributed by atoms with Gasteiger partial charge in [0.05, 0.1) is 0 Å². The van der Waals surface area contributed by atoms with Crippen molar-refractivity contribution >= 4 is 6.03 Å². The first kappa shape index (κ1) is 16.3. The molecule has 0 bridgehead atoms. The van der Waals surface area contributed by atoms with E-state index in [0.29, 0.717) is 0 Å². The van der Waals surface area contributed by atoms with Gasteiger partial charge in [-0.05, 0) is 12.8 Å². The van der Waals surface area contributed by atoms with Crippen molar-refractivity contribution in [2.24, 2.45) is 0 Å². The molecule has 0 aliphatic rings. The second kappa shape index (κ2) is 11.7. The number of rotatable bonds is 10. The van der Waals surface area contributed by atoms with Crippen molar-refractivity contribution in [1.82, 2.24) is 10.2 Å². The Morgan fingerprint density at radius 1 is 0.882 bits per heavy atom. The van der Waals surface area contributed by atoms with E-state index in [4.69, 9.17) is 0 Å². The van der Waals surface area contributed by atoms with Crippen molar-refractivity contribution in [2.75, 3.05) is 20.1 Å². The maximum absolute atomic E-state index is 11.7. The van der Waals surface area contributed by atoms with Crippen LogP contribution in [0.2, 0.25) is 0 Å². The summed E-state index contributed by atoms with van der Waals surface area (Å²) in [6, 6.07) is 0.0815. The van der Waals surface area contributed by atoms with E-state index in [9.17, 15) is 4.79 Å². The summed E-state index contributed by atoms with van der Waals surface area (Å²) in [4.78, 5) is 13.6. The lowest BCUT2D eigenvalue weighted by Gasteiger charge is -2.22. The first-order chi connectivity index (χ1) is 8.26. The maximum atomic E-state index is 11.7. The lowest BCUT2D eigenvalue weighted by atomic mass is 10.2. The van der Waals surface area contributed by atoms with Gasteiger partial charge in [0.15, 0.2) is 0 Å². The predicted octanol–water partition coefficient (Wildman–Crippen LogP) is 3.79.